The number of aryl methyl sites for hydroxylation is 1. The van der Waals surface area contributed by atoms with Crippen molar-refractivity contribution in [1.29, 1.82) is 0 Å². The summed E-state index contributed by atoms with van der Waals surface area (Å²) in [6, 6.07) is 13.1. The second kappa shape index (κ2) is 6.70. The molecule has 24 heavy (non-hydrogen) atoms. The molecule has 1 heterocycles. The maximum Gasteiger partial charge on any atom is 0.419 e. The zero-order valence-corrected chi connectivity index (χ0v) is 13.2. The predicted octanol–water partition coefficient (Wildman–Crippen LogP) is 2.78. The van der Waals surface area contributed by atoms with Crippen molar-refractivity contribution in [2.24, 2.45) is 0 Å². The SMILES string of the molecule is CN(Cc1ccc(F)cc1)C(=O)CCn1c(=O)oc2ccccc21. The Kier molecular flexibility index (Phi) is 4.46. The van der Waals surface area contributed by atoms with E-state index in [0.29, 0.717) is 17.6 Å². The molecule has 0 radical (unpaired) electrons. The van der Waals surface area contributed by atoms with Crippen molar-refractivity contribution in [2.45, 2.75) is 19.5 Å². The number of rotatable bonds is 5. The molecule has 0 fully saturated rings. The van der Waals surface area contributed by atoms with Crippen LogP contribution in [-0.2, 0) is 17.9 Å². The smallest absolute Gasteiger partial charge is 0.408 e. The standard InChI is InChI=1S/C18H17FN2O3/c1-20(12-13-6-8-14(19)9-7-13)17(22)10-11-21-15-4-2-3-5-16(15)24-18(21)23/h2-9H,10-12H2,1H3. The molecular weight excluding hydrogens is 311 g/mol. The number of hydrogen-bond donors (Lipinski definition) is 0. The maximum atomic E-state index is 12.9. The molecule has 0 saturated heterocycles. The summed E-state index contributed by atoms with van der Waals surface area (Å²) in [6.07, 6.45) is 0.182. The summed E-state index contributed by atoms with van der Waals surface area (Å²) >= 11 is 0. The van der Waals surface area contributed by atoms with Gasteiger partial charge in [-0.2, -0.15) is 0 Å². The highest BCUT2D eigenvalue weighted by atomic mass is 19.1. The molecule has 3 aromatic rings. The van der Waals surface area contributed by atoms with E-state index in [1.165, 1.54) is 16.7 Å². The van der Waals surface area contributed by atoms with Gasteiger partial charge in [0.25, 0.3) is 0 Å². The van der Waals surface area contributed by atoms with Crippen LogP contribution in [0.25, 0.3) is 11.1 Å². The fourth-order valence-electron chi connectivity index (χ4n) is 2.58. The van der Waals surface area contributed by atoms with E-state index < -0.39 is 5.76 Å². The van der Waals surface area contributed by atoms with Crippen LogP contribution in [0, 0.1) is 5.82 Å². The number of carbonyl (C=O) groups is 1. The normalized spacial score (nSPS) is 10.9. The quantitative estimate of drug-likeness (QED) is 0.724. The number of hydrogen-bond acceptors (Lipinski definition) is 3. The van der Waals surface area contributed by atoms with Crippen molar-refractivity contribution >= 4 is 17.0 Å². The van der Waals surface area contributed by atoms with Gasteiger partial charge in [-0.1, -0.05) is 24.3 Å². The fourth-order valence-corrected chi connectivity index (χ4v) is 2.58. The Bertz CT molecular complexity index is 912. The minimum Gasteiger partial charge on any atom is -0.408 e. The van der Waals surface area contributed by atoms with Gasteiger partial charge in [0.05, 0.1) is 5.52 Å². The third kappa shape index (κ3) is 3.37. The molecule has 0 aliphatic heterocycles. The number of amides is 1. The molecule has 0 spiro atoms. The highest BCUT2D eigenvalue weighted by molar-refractivity contribution is 5.76. The van der Waals surface area contributed by atoms with E-state index in [1.807, 2.05) is 6.07 Å². The minimum absolute atomic E-state index is 0.100. The number of halogens is 1. The van der Waals surface area contributed by atoms with Crippen LogP contribution in [0.3, 0.4) is 0 Å². The molecule has 1 aromatic heterocycles. The van der Waals surface area contributed by atoms with Gasteiger partial charge >= 0.3 is 5.76 Å². The molecule has 0 atom stereocenters. The van der Waals surface area contributed by atoms with Crippen LogP contribution in [0.15, 0.2) is 57.7 Å². The average Bonchev–Trinajstić information content (AvgIpc) is 2.90. The third-order valence-corrected chi connectivity index (χ3v) is 3.88. The molecule has 0 N–H and O–H groups in total. The molecule has 1 amide bonds. The highest BCUT2D eigenvalue weighted by Crippen LogP contribution is 2.13. The van der Waals surface area contributed by atoms with Crippen LogP contribution in [0.1, 0.15) is 12.0 Å². The molecule has 3 rings (SSSR count). The molecule has 124 valence electrons. The summed E-state index contributed by atoms with van der Waals surface area (Å²) in [5, 5.41) is 0. The lowest BCUT2D eigenvalue weighted by atomic mass is 10.2. The summed E-state index contributed by atoms with van der Waals surface area (Å²) in [6.45, 7) is 0.641. The summed E-state index contributed by atoms with van der Waals surface area (Å²) in [5.74, 6) is -0.874. The Balaban J connectivity index is 1.65. The molecule has 0 aliphatic carbocycles. The number of nitrogens with zero attached hydrogens (tertiary/aromatic N) is 2. The Morgan fingerprint density at radius 3 is 2.62 bits per heavy atom. The van der Waals surface area contributed by atoms with Gasteiger partial charge < -0.3 is 9.32 Å². The summed E-state index contributed by atoms with van der Waals surface area (Å²) in [5.41, 5.74) is 2.03. The summed E-state index contributed by atoms with van der Waals surface area (Å²) < 4.78 is 19.5. The van der Waals surface area contributed by atoms with E-state index >= 15 is 0 Å². The molecular formula is C18H17FN2O3. The second-order valence-electron chi connectivity index (χ2n) is 5.61. The Labute approximate surface area is 137 Å². The third-order valence-electron chi connectivity index (χ3n) is 3.88. The molecule has 0 unspecified atom stereocenters. The topological polar surface area (TPSA) is 55.5 Å². The van der Waals surface area contributed by atoms with E-state index in [-0.39, 0.29) is 24.7 Å². The molecule has 2 aromatic carbocycles. The van der Waals surface area contributed by atoms with Crippen LogP contribution in [0.5, 0.6) is 0 Å². The first-order valence-corrected chi connectivity index (χ1v) is 7.61. The molecule has 5 nitrogen and oxygen atoms in total. The monoisotopic (exact) mass is 328 g/mol. The van der Waals surface area contributed by atoms with Crippen molar-refractivity contribution in [3.05, 3.63) is 70.5 Å². The van der Waals surface area contributed by atoms with Crippen LogP contribution in [-0.4, -0.2) is 22.4 Å². The average molecular weight is 328 g/mol. The molecule has 0 bridgehead atoms. The van der Waals surface area contributed by atoms with Crippen LogP contribution in [0.2, 0.25) is 0 Å². The number of fused-ring (bicyclic) bond motifs is 1. The van der Waals surface area contributed by atoms with Gasteiger partial charge in [-0.15, -0.1) is 0 Å². The minimum atomic E-state index is -0.467. The highest BCUT2D eigenvalue weighted by Gasteiger charge is 2.13. The maximum absolute atomic E-state index is 12.9. The largest absolute Gasteiger partial charge is 0.419 e. The Morgan fingerprint density at radius 2 is 1.88 bits per heavy atom. The van der Waals surface area contributed by atoms with Crippen LogP contribution >= 0.6 is 0 Å². The zero-order valence-electron chi connectivity index (χ0n) is 13.2. The molecule has 0 aliphatic rings. The van der Waals surface area contributed by atoms with Crippen molar-refractivity contribution in [1.82, 2.24) is 9.47 Å². The summed E-state index contributed by atoms with van der Waals surface area (Å²) in [7, 11) is 1.68. The van der Waals surface area contributed by atoms with Crippen LogP contribution < -0.4 is 5.76 Å². The number of oxazole rings is 1. The first-order valence-electron chi connectivity index (χ1n) is 7.61. The van der Waals surface area contributed by atoms with Crippen molar-refractivity contribution in [3.8, 4) is 0 Å². The molecule has 0 saturated carbocycles. The summed E-state index contributed by atoms with van der Waals surface area (Å²) in [4.78, 5) is 25.7. The lowest BCUT2D eigenvalue weighted by Crippen LogP contribution is -2.28. The van der Waals surface area contributed by atoms with E-state index in [0.717, 1.165) is 5.56 Å². The fraction of sp³-hybridized carbons (Fsp3) is 0.222. The van der Waals surface area contributed by atoms with Gasteiger partial charge in [-0.05, 0) is 29.8 Å². The number of aromatic nitrogens is 1. The van der Waals surface area contributed by atoms with Crippen molar-refractivity contribution in [2.75, 3.05) is 7.05 Å². The Hall–Kier alpha value is -2.89. The van der Waals surface area contributed by atoms with Gasteiger partial charge in [0.2, 0.25) is 5.91 Å². The number of carbonyl (C=O) groups excluding carboxylic acids is 1. The van der Waals surface area contributed by atoms with Crippen molar-refractivity contribution in [3.63, 3.8) is 0 Å². The Morgan fingerprint density at radius 1 is 1.17 bits per heavy atom. The zero-order chi connectivity index (χ0) is 17.1. The van der Waals surface area contributed by atoms with Gasteiger partial charge in [0.1, 0.15) is 5.82 Å². The first kappa shape index (κ1) is 16.0. The van der Waals surface area contributed by atoms with Crippen molar-refractivity contribution < 1.29 is 13.6 Å². The number of benzene rings is 2. The van der Waals surface area contributed by atoms with E-state index in [1.54, 1.807) is 42.3 Å². The van der Waals surface area contributed by atoms with E-state index in [4.69, 9.17) is 4.42 Å². The lowest BCUT2D eigenvalue weighted by molar-refractivity contribution is -0.130. The molecule has 6 heteroatoms. The first-order chi connectivity index (χ1) is 11.5. The van der Waals surface area contributed by atoms with Gasteiger partial charge in [0, 0.05) is 26.6 Å². The second-order valence-corrected chi connectivity index (χ2v) is 5.61. The number of para-hydroxylation sites is 2. The van der Waals surface area contributed by atoms with Gasteiger partial charge in [-0.3, -0.25) is 9.36 Å². The lowest BCUT2D eigenvalue weighted by Gasteiger charge is -2.17. The van der Waals surface area contributed by atoms with Gasteiger partial charge in [-0.25, -0.2) is 9.18 Å². The predicted molar refractivity (Wildman–Crippen MR) is 88.0 cm³/mol. The van der Waals surface area contributed by atoms with E-state index in [9.17, 15) is 14.0 Å². The van der Waals surface area contributed by atoms with Gasteiger partial charge in [0.15, 0.2) is 5.58 Å². The van der Waals surface area contributed by atoms with Crippen LogP contribution in [0.4, 0.5) is 4.39 Å². The van der Waals surface area contributed by atoms with E-state index in [2.05, 4.69) is 0 Å².